The molecule has 7 rings (SSSR count). The van der Waals surface area contributed by atoms with Crippen LogP contribution in [0.15, 0.2) is 55.1 Å². The minimum atomic E-state index is -2.09. The van der Waals surface area contributed by atoms with Gasteiger partial charge in [0, 0.05) is 0 Å². The third kappa shape index (κ3) is 4.37. The molecule has 0 unspecified atom stereocenters. The maximum absolute atomic E-state index is 2.63. The van der Waals surface area contributed by atoms with Gasteiger partial charge in [-0.2, -0.15) is 0 Å². The van der Waals surface area contributed by atoms with Crippen LogP contribution in [0.2, 0.25) is 0 Å². The Morgan fingerprint density at radius 3 is 2.03 bits per heavy atom. The van der Waals surface area contributed by atoms with Gasteiger partial charge in [-0.25, -0.2) is 0 Å². The summed E-state index contributed by atoms with van der Waals surface area (Å²) >= 11 is -2.09. The monoisotopic (exact) mass is 632 g/mol. The number of halogens is 2. The summed E-state index contributed by atoms with van der Waals surface area (Å²) in [6.45, 7) is 14.6. The maximum atomic E-state index is 2.63. The van der Waals surface area contributed by atoms with Crippen molar-refractivity contribution in [3.8, 4) is 11.1 Å². The molecule has 39 heavy (non-hydrogen) atoms. The molecule has 0 saturated heterocycles. The summed E-state index contributed by atoms with van der Waals surface area (Å²) in [5.41, 5.74) is 15.6. The van der Waals surface area contributed by atoms with Crippen molar-refractivity contribution in [2.75, 3.05) is 0 Å². The van der Waals surface area contributed by atoms with Gasteiger partial charge >= 0.3 is 233 Å². The van der Waals surface area contributed by atoms with Gasteiger partial charge in [0.2, 0.25) is 0 Å². The number of hydrogen-bond donors (Lipinski definition) is 0. The second kappa shape index (κ2) is 10.2. The number of rotatable bonds is 2. The van der Waals surface area contributed by atoms with E-state index in [0.717, 1.165) is 6.42 Å². The maximum Gasteiger partial charge on any atom is -1.00 e. The molecule has 2 aromatic rings. The molecule has 1 saturated carbocycles. The van der Waals surface area contributed by atoms with Crippen LogP contribution >= 0.6 is 0 Å². The summed E-state index contributed by atoms with van der Waals surface area (Å²) in [4.78, 5) is 0. The Labute approximate surface area is 255 Å². The standard InChI is InChI=1S/C25H25.C6H10.C5H5.2ClH.Zr/c1-14-12-24(3,4)22-8-16-7-17-9-23-19(15(2)13-25(23,5)6)11-21(17)20(16)10-18(14)22;1-2-4-6-5-3-1;1-2-4-5-3-1;;;/h8-12H,7H2,1-6H3;1-5H2;1-3H,4H2;2*1H;/q;;;;;+2/p-2. The van der Waals surface area contributed by atoms with Crippen molar-refractivity contribution < 1.29 is 46.1 Å². The molecule has 0 radical (unpaired) electrons. The van der Waals surface area contributed by atoms with E-state index in [-0.39, 0.29) is 35.6 Å². The first-order valence-corrected chi connectivity index (χ1v) is 18.2. The molecule has 0 aromatic heterocycles. The van der Waals surface area contributed by atoms with Gasteiger partial charge in [0.25, 0.3) is 0 Å². The van der Waals surface area contributed by atoms with Gasteiger partial charge < -0.3 is 24.8 Å². The molecule has 0 atom stereocenters. The molecule has 0 aliphatic heterocycles. The van der Waals surface area contributed by atoms with Crippen LogP contribution < -0.4 is 24.8 Å². The van der Waals surface area contributed by atoms with E-state index in [1.807, 2.05) is 9.77 Å². The van der Waals surface area contributed by atoms with Crippen LogP contribution in [0.4, 0.5) is 0 Å². The van der Waals surface area contributed by atoms with Gasteiger partial charge in [-0.15, -0.1) is 0 Å². The van der Waals surface area contributed by atoms with Gasteiger partial charge in [-0.3, -0.25) is 0 Å². The first-order valence-electron chi connectivity index (χ1n) is 14.5. The zero-order valence-corrected chi connectivity index (χ0v) is 28.3. The molecule has 0 N–H and O–H groups in total. The molecule has 2 aromatic carbocycles. The average Bonchev–Trinajstić information content (AvgIpc) is 3.60. The fourth-order valence-corrected chi connectivity index (χ4v) is 17.8. The van der Waals surface area contributed by atoms with Crippen LogP contribution in [0.25, 0.3) is 22.3 Å². The first kappa shape index (κ1) is 29.2. The number of fused-ring (bicyclic) bond motifs is 5. The summed E-state index contributed by atoms with van der Waals surface area (Å²) in [5, 5.41) is 0. The van der Waals surface area contributed by atoms with E-state index in [1.54, 1.807) is 22.3 Å². The molecule has 3 heteroatoms. The van der Waals surface area contributed by atoms with Gasteiger partial charge in [0.15, 0.2) is 0 Å². The van der Waals surface area contributed by atoms with Crippen molar-refractivity contribution >= 4 is 14.4 Å². The van der Waals surface area contributed by atoms with Crippen molar-refractivity contribution in [2.24, 2.45) is 0 Å². The summed E-state index contributed by atoms with van der Waals surface area (Å²) < 4.78 is 5.71. The topological polar surface area (TPSA) is 0 Å². The molecule has 0 bridgehead atoms. The minimum absolute atomic E-state index is 0. The van der Waals surface area contributed by atoms with Crippen LogP contribution in [0, 0.1) is 0 Å². The predicted octanol–water partition coefficient (Wildman–Crippen LogP) is 3.58. The SMILES string of the molecule is CC1=CC(C)(C)c2cc3c(cc21)-c1cc2c(cc1C3)C(C)(C)[C]([Zr+2]([C]1=CC=CC1)=[C]1CCCCC1)=C2C.[Cl-].[Cl-]. The zero-order valence-electron chi connectivity index (χ0n) is 24.3. The Balaban J connectivity index is 0.00000154. The van der Waals surface area contributed by atoms with Gasteiger partial charge in [-0.1, -0.05) is 0 Å². The van der Waals surface area contributed by atoms with E-state index in [0.29, 0.717) is 0 Å². The molecule has 0 spiro atoms. The average molecular weight is 635 g/mol. The number of hydrogen-bond acceptors (Lipinski definition) is 0. The van der Waals surface area contributed by atoms with Crippen molar-refractivity contribution in [3.05, 3.63) is 88.5 Å². The van der Waals surface area contributed by atoms with E-state index < -0.39 is 21.3 Å². The summed E-state index contributed by atoms with van der Waals surface area (Å²) in [6, 6.07) is 10.3. The second-order valence-electron chi connectivity index (χ2n) is 13.3. The third-order valence-electron chi connectivity index (χ3n) is 10.1. The predicted molar refractivity (Wildman–Crippen MR) is 157 cm³/mol. The number of benzene rings is 2. The van der Waals surface area contributed by atoms with Crippen LogP contribution in [0.5, 0.6) is 0 Å². The smallest absolute Gasteiger partial charge is 1.00 e. The van der Waals surface area contributed by atoms with Crippen molar-refractivity contribution in [2.45, 2.75) is 97.3 Å². The molecular formula is C36H40Cl2Zr. The molecule has 5 aliphatic carbocycles. The molecule has 0 nitrogen and oxygen atoms in total. The van der Waals surface area contributed by atoms with Crippen molar-refractivity contribution in [3.63, 3.8) is 0 Å². The summed E-state index contributed by atoms with van der Waals surface area (Å²) in [6.07, 6.45) is 19.1. The number of allylic oxidation sites excluding steroid dienone is 8. The van der Waals surface area contributed by atoms with Crippen LogP contribution in [-0.4, -0.2) is 3.21 Å². The second-order valence-corrected chi connectivity index (χ2v) is 19.7. The molecular weight excluding hydrogens is 595 g/mol. The Bertz CT molecular complexity index is 1550. The van der Waals surface area contributed by atoms with Crippen LogP contribution in [-0.2, 0) is 38.5 Å². The van der Waals surface area contributed by atoms with Gasteiger partial charge in [-0.05, 0) is 0 Å². The molecule has 5 aliphatic rings. The summed E-state index contributed by atoms with van der Waals surface area (Å²) in [5.74, 6) is 0. The normalized spacial score (nSPS) is 20.7. The minimum Gasteiger partial charge on any atom is -1.00 e. The third-order valence-corrected chi connectivity index (χ3v) is 19.2. The Hall–Kier alpha value is -1.27. The van der Waals surface area contributed by atoms with E-state index in [2.05, 4.69) is 90.1 Å². The van der Waals surface area contributed by atoms with E-state index in [9.17, 15) is 0 Å². The largest absolute Gasteiger partial charge is 1.00 e. The fourth-order valence-electron chi connectivity index (χ4n) is 8.34. The first-order chi connectivity index (χ1) is 17.7. The molecule has 1 fully saturated rings. The van der Waals surface area contributed by atoms with Crippen LogP contribution in [0.1, 0.15) is 113 Å². The molecule has 0 heterocycles. The van der Waals surface area contributed by atoms with Crippen molar-refractivity contribution in [1.82, 2.24) is 0 Å². The quantitative estimate of drug-likeness (QED) is 0.405. The molecule has 0 amide bonds. The van der Waals surface area contributed by atoms with E-state index in [1.165, 1.54) is 71.9 Å². The van der Waals surface area contributed by atoms with E-state index >= 15 is 0 Å². The van der Waals surface area contributed by atoms with E-state index in [4.69, 9.17) is 0 Å². The van der Waals surface area contributed by atoms with Gasteiger partial charge in [0.1, 0.15) is 0 Å². The van der Waals surface area contributed by atoms with Crippen molar-refractivity contribution in [1.29, 1.82) is 0 Å². The zero-order chi connectivity index (χ0) is 25.7. The fraction of sp³-hybridized carbons (Fsp3) is 0.417. The Morgan fingerprint density at radius 1 is 0.744 bits per heavy atom. The summed E-state index contributed by atoms with van der Waals surface area (Å²) in [7, 11) is 0. The molecule has 202 valence electrons. The van der Waals surface area contributed by atoms with Crippen LogP contribution in [0.3, 0.4) is 0 Å². The Kier molecular flexibility index (Phi) is 7.66. The Morgan fingerprint density at radius 2 is 1.38 bits per heavy atom. The van der Waals surface area contributed by atoms with Gasteiger partial charge in [0.05, 0.1) is 0 Å².